The molecule has 0 fully saturated rings. The summed E-state index contributed by atoms with van der Waals surface area (Å²) in [6, 6.07) is 1.49. The van der Waals surface area contributed by atoms with Crippen LogP contribution in [0.3, 0.4) is 0 Å². The van der Waals surface area contributed by atoms with E-state index in [0.717, 1.165) is 0 Å². The van der Waals surface area contributed by atoms with Gasteiger partial charge < -0.3 is 15.3 Å². The molecule has 72 valence electrons. The molecule has 6 heteroatoms. The van der Waals surface area contributed by atoms with Gasteiger partial charge in [-0.3, -0.25) is 4.98 Å². The summed E-state index contributed by atoms with van der Waals surface area (Å²) in [6.45, 7) is 0.194. The highest BCUT2D eigenvalue weighted by Gasteiger charge is 2.07. The van der Waals surface area contributed by atoms with E-state index >= 15 is 0 Å². The Hall–Kier alpha value is -1.95. The summed E-state index contributed by atoms with van der Waals surface area (Å²) in [5.74, 6) is 0.701. The largest absolute Gasteiger partial charge is 0.506 e. The number of aromatic nitrogens is 3. The van der Waals surface area contributed by atoms with Gasteiger partial charge in [-0.1, -0.05) is 0 Å². The summed E-state index contributed by atoms with van der Waals surface area (Å²) >= 11 is 0. The van der Waals surface area contributed by atoms with Crippen LogP contribution in [0.5, 0.6) is 5.75 Å². The van der Waals surface area contributed by atoms with Crippen LogP contribution >= 0.6 is 0 Å². The first-order chi connectivity index (χ1) is 6.79. The van der Waals surface area contributed by atoms with Crippen LogP contribution in [0.15, 0.2) is 22.9 Å². The Bertz CT molecular complexity index is 440. The zero-order chi connectivity index (χ0) is 9.97. The summed E-state index contributed by atoms with van der Waals surface area (Å²) < 4.78 is 5.18. The molecule has 0 aliphatic carbocycles. The van der Waals surface area contributed by atoms with Crippen LogP contribution in [0, 0.1) is 0 Å². The maximum Gasteiger partial charge on any atom is 0.249 e. The van der Waals surface area contributed by atoms with Crippen LogP contribution in [-0.4, -0.2) is 20.3 Å². The van der Waals surface area contributed by atoms with E-state index in [0.29, 0.717) is 17.3 Å². The van der Waals surface area contributed by atoms with Crippen molar-refractivity contribution in [2.24, 2.45) is 5.73 Å². The quantitative estimate of drug-likeness (QED) is 0.709. The normalized spacial score (nSPS) is 10.4. The lowest BCUT2D eigenvalue weighted by molar-refractivity contribution is 0.471. The van der Waals surface area contributed by atoms with Gasteiger partial charge in [-0.15, -0.1) is 10.2 Å². The van der Waals surface area contributed by atoms with Crippen molar-refractivity contribution >= 4 is 0 Å². The van der Waals surface area contributed by atoms with Gasteiger partial charge in [0.1, 0.15) is 5.75 Å². The molecule has 0 amide bonds. The Labute approximate surface area is 79.4 Å². The van der Waals surface area contributed by atoms with Gasteiger partial charge in [0, 0.05) is 6.20 Å². The SMILES string of the molecule is NCc1nnc(-c2cncc(O)c2)o1. The lowest BCUT2D eigenvalue weighted by Crippen LogP contribution is -1.95. The zero-order valence-corrected chi connectivity index (χ0v) is 7.21. The highest BCUT2D eigenvalue weighted by atomic mass is 16.4. The zero-order valence-electron chi connectivity index (χ0n) is 7.21. The molecule has 2 aromatic rings. The van der Waals surface area contributed by atoms with Crippen molar-refractivity contribution in [3.63, 3.8) is 0 Å². The molecule has 0 spiro atoms. The summed E-state index contributed by atoms with van der Waals surface area (Å²) in [6.07, 6.45) is 2.84. The molecule has 3 N–H and O–H groups in total. The average Bonchev–Trinajstić information content (AvgIpc) is 2.66. The van der Waals surface area contributed by atoms with Crippen LogP contribution in [0.4, 0.5) is 0 Å². The number of hydrogen-bond donors (Lipinski definition) is 2. The second-order valence-electron chi connectivity index (χ2n) is 2.64. The molecule has 6 nitrogen and oxygen atoms in total. The van der Waals surface area contributed by atoms with Gasteiger partial charge in [0.05, 0.1) is 18.3 Å². The minimum atomic E-state index is 0.0509. The number of hydrogen-bond acceptors (Lipinski definition) is 6. The van der Waals surface area contributed by atoms with E-state index in [1.807, 2.05) is 0 Å². The van der Waals surface area contributed by atoms with Crippen LogP contribution in [0.1, 0.15) is 5.89 Å². The first-order valence-electron chi connectivity index (χ1n) is 3.96. The number of nitrogens with zero attached hydrogens (tertiary/aromatic N) is 3. The summed E-state index contributed by atoms with van der Waals surface area (Å²) in [5.41, 5.74) is 5.88. The molecular formula is C8H8N4O2. The summed E-state index contributed by atoms with van der Waals surface area (Å²) in [4.78, 5) is 3.79. The number of pyridine rings is 1. The van der Waals surface area contributed by atoms with Crippen molar-refractivity contribution in [2.45, 2.75) is 6.54 Å². The molecule has 14 heavy (non-hydrogen) atoms. The van der Waals surface area contributed by atoms with Gasteiger partial charge in [0.15, 0.2) is 0 Å². The van der Waals surface area contributed by atoms with Gasteiger partial charge in [-0.2, -0.15) is 0 Å². The van der Waals surface area contributed by atoms with Gasteiger partial charge >= 0.3 is 0 Å². The van der Waals surface area contributed by atoms with Crippen LogP contribution in [0.2, 0.25) is 0 Å². The Kier molecular flexibility index (Phi) is 2.11. The first kappa shape index (κ1) is 8.64. The predicted molar refractivity (Wildman–Crippen MR) is 47.1 cm³/mol. The Balaban J connectivity index is 2.39. The molecule has 0 aromatic carbocycles. The number of nitrogens with two attached hydrogens (primary N) is 1. The highest BCUT2D eigenvalue weighted by molar-refractivity contribution is 5.52. The fourth-order valence-corrected chi connectivity index (χ4v) is 0.998. The van der Waals surface area contributed by atoms with Gasteiger partial charge in [-0.05, 0) is 6.07 Å². The van der Waals surface area contributed by atoms with Crippen molar-refractivity contribution < 1.29 is 9.52 Å². The third-order valence-electron chi connectivity index (χ3n) is 1.61. The average molecular weight is 192 g/mol. The van der Waals surface area contributed by atoms with E-state index in [4.69, 9.17) is 15.3 Å². The van der Waals surface area contributed by atoms with Crippen molar-refractivity contribution in [1.82, 2.24) is 15.2 Å². The van der Waals surface area contributed by atoms with Crippen LogP contribution < -0.4 is 5.73 Å². The van der Waals surface area contributed by atoms with E-state index in [-0.39, 0.29) is 12.3 Å². The molecule has 2 aromatic heterocycles. The van der Waals surface area contributed by atoms with Gasteiger partial charge in [0.25, 0.3) is 0 Å². The third-order valence-corrected chi connectivity index (χ3v) is 1.61. The molecule has 0 saturated carbocycles. The molecule has 0 aliphatic rings. The monoisotopic (exact) mass is 192 g/mol. The molecule has 0 saturated heterocycles. The highest BCUT2D eigenvalue weighted by Crippen LogP contribution is 2.19. The van der Waals surface area contributed by atoms with Crippen molar-refractivity contribution in [3.8, 4) is 17.2 Å². The van der Waals surface area contributed by atoms with E-state index < -0.39 is 0 Å². The Morgan fingerprint density at radius 2 is 2.21 bits per heavy atom. The maximum absolute atomic E-state index is 9.16. The van der Waals surface area contributed by atoms with Crippen molar-refractivity contribution in [1.29, 1.82) is 0 Å². The van der Waals surface area contributed by atoms with Gasteiger partial charge in [0.2, 0.25) is 11.8 Å². The fourth-order valence-electron chi connectivity index (χ4n) is 0.998. The molecule has 0 aliphatic heterocycles. The van der Waals surface area contributed by atoms with E-state index in [1.165, 1.54) is 18.5 Å². The molecule has 0 bridgehead atoms. The Morgan fingerprint density at radius 3 is 2.86 bits per heavy atom. The lowest BCUT2D eigenvalue weighted by Gasteiger charge is -1.93. The molecular weight excluding hydrogens is 184 g/mol. The predicted octanol–water partition coefficient (Wildman–Crippen LogP) is 0.296. The standard InChI is InChI=1S/C8H8N4O2/c9-2-7-11-12-8(14-7)5-1-6(13)4-10-3-5/h1,3-4,13H,2,9H2. The molecule has 0 radical (unpaired) electrons. The Morgan fingerprint density at radius 1 is 1.36 bits per heavy atom. The second-order valence-corrected chi connectivity index (χ2v) is 2.64. The number of aromatic hydroxyl groups is 1. The smallest absolute Gasteiger partial charge is 0.249 e. The van der Waals surface area contributed by atoms with Crippen molar-refractivity contribution in [3.05, 3.63) is 24.4 Å². The first-order valence-corrected chi connectivity index (χ1v) is 3.96. The van der Waals surface area contributed by atoms with Crippen LogP contribution in [-0.2, 0) is 6.54 Å². The number of rotatable bonds is 2. The van der Waals surface area contributed by atoms with Crippen LogP contribution in [0.25, 0.3) is 11.5 Å². The van der Waals surface area contributed by atoms with E-state index in [2.05, 4.69) is 15.2 Å². The van der Waals surface area contributed by atoms with Gasteiger partial charge in [-0.25, -0.2) is 0 Å². The van der Waals surface area contributed by atoms with E-state index in [1.54, 1.807) is 0 Å². The van der Waals surface area contributed by atoms with E-state index in [9.17, 15) is 0 Å². The molecule has 2 rings (SSSR count). The molecule has 0 unspecified atom stereocenters. The maximum atomic E-state index is 9.16. The minimum Gasteiger partial charge on any atom is -0.506 e. The topological polar surface area (TPSA) is 98.1 Å². The lowest BCUT2D eigenvalue weighted by atomic mass is 10.3. The second kappa shape index (κ2) is 3.43. The minimum absolute atomic E-state index is 0.0509. The molecule has 0 atom stereocenters. The summed E-state index contributed by atoms with van der Waals surface area (Å²) in [7, 11) is 0. The third kappa shape index (κ3) is 1.55. The summed E-state index contributed by atoms with van der Waals surface area (Å²) in [5, 5.41) is 16.6. The molecule has 2 heterocycles. The fraction of sp³-hybridized carbons (Fsp3) is 0.125. The van der Waals surface area contributed by atoms with Crippen molar-refractivity contribution in [2.75, 3.05) is 0 Å².